The number of hydrogen-bond acceptors (Lipinski definition) is 4. The molecule has 1 amide bonds. The van der Waals surface area contributed by atoms with Gasteiger partial charge in [0.05, 0.1) is 12.5 Å². The summed E-state index contributed by atoms with van der Waals surface area (Å²) in [7, 11) is 4.06. The first-order valence-electron chi connectivity index (χ1n) is 7.79. The number of carbonyl (C=O) groups excluding carboxylic acids is 1. The SMILES string of the molecule is CN(C)CCn1ccc(NC(=O)C2C3CCC(C3)C2N)n1. The molecular weight excluding hydrogens is 266 g/mol. The number of carbonyl (C=O) groups is 1. The fraction of sp³-hybridized carbons (Fsp3) is 0.733. The van der Waals surface area contributed by atoms with Crippen molar-refractivity contribution in [1.29, 1.82) is 0 Å². The zero-order chi connectivity index (χ0) is 15.0. The van der Waals surface area contributed by atoms with Crippen LogP contribution >= 0.6 is 0 Å². The van der Waals surface area contributed by atoms with E-state index >= 15 is 0 Å². The highest BCUT2D eigenvalue weighted by molar-refractivity contribution is 5.92. The van der Waals surface area contributed by atoms with Gasteiger partial charge >= 0.3 is 0 Å². The third-order valence-electron chi connectivity index (χ3n) is 4.95. The average molecular weight is 291 g/mol. The molecule has 6 nitrogen and oxygen atoms in total. The highest BCUT2D eigenvalue weighted by Crippen LogP contribution is 2.47. The van der Waals surface area contributed by atoms with Crippen molar-refractivity contribution in [2.24, 2.45) is 23.5 Å². The van der Waals surface area contributed by atoms with Crippen LogP contribution in [0.2, 0.25) is 0 Å². The van der Waals surface area contributed by atoms with E-state index in [-0.39, 0.29) is 17.9 Å². The summed E-state index contributed by atoms with van der Waals surface area (Å²) in [4.78, 5) is 14.5. The first-order chi connectivity index (χ1) is 10.0. The maximum Gasteiger partial charge on any atom is 0.230 e. The molecule has 2 saturated carbocycles. The number of amides is 1. The molecule has 0 radical (unpaired) electrons. The van der Waals surface area contributed by atoms with E-state index in [0.29, 0.717) is 17.7 Å². The first-order valence-corrected chi connectivity index (χ1v) is 7.79. The second-order valence-corrected chi connectivity index (χ2v) is 6.69. The number of aromatic nitrogens is 2. The summed E-state index contributed by atoms with van der Waals surface area (Å²) < 4.78 is 1.86. The van der Waals surface area contributed by atoms with Crippen LogP contribution in [-0.4, -0.2) is 47.3 Å². The largest absolute Gasteiger partial charge is 0.327 e. The van der Waals surface area contributed by atoms with Gasteiger partial charge in [-0.1, -0.05) is 0 Å². The quantitative estimate of drug-likeness (QED) is 0.839. The highest BCUT2D eigenvalue weighted by atomic mass is 16.2. The molecule has 4 unspecified atom stereocenters. The molecule has 1 aromatic rings. The summed E-state index contributed by atoms with van der Waals surface area (Å²) in [6.45, 7) is 1.74. The van der Waals surface area contributed by atoms with Crippen LogP contribution in [0.1, 0.15) is 19.3 Å². The maximum absolute atomic E-state index is 12.4. The lowest BCUT2D eigenvalue weighted by molar-refractivity contribution is -0.121. The summed E-state index contributed by atoms with van der Waals surface area (Å²) in [6, 6.07) is 1.88. The molecular formula is C15H25N5O. The van der Waals surface area contributed by atoms with Crippen molar-refractivity contribution in [2.45, 2.75) is 31.8 Å². The minimum atomic E-state index is -0.0318. The predicted octanol–water partition coefficient (Wildman–Crippen LogP) is 0.757. The Hall–Kier alpha value is -1.40. The van der Waals surface area contributed by atoms with Gasteiger partial charge in [0.2, 0.25) is 5.91 Å². The Morgan fingerprint density at radius 1 is 1.48 bits per heavy atom. The lowest BCUT2D eigenvalue weighted by Gasteiger charge is -2.26. The van der Waals surface area contributed by atoms with Crippen LogP contribution in [0.4, 0.5) is 5.82 Å². The Labute approximate surface area is 125 Å². The minimum Gasteiger partial charge on any atom is -0.327 e. The molecule has 0 aliphatic heterocycles. The molecule has 6 heteroatoms. The molecule has 2 aliphatic carbocycles. The van der Waals surface area contributed by atoms with Crippen LogP contribution in [0.5, 0.6) is 0 Å². The van der Waals surface area contributed by atoms with Gasteiger partial charge in [0, 0.05) is 24.8 Å². The van der Waals surface area contributed by atoms with Crippen LogP contribution in [-0.2, 0) is 11.3 Å². The fourth-order valence-electron chi connectivity index (χ4n) is 3.79. The van der Waals surface area contributed by atoms with Crippen LogP contribution in [0.15, 0.2) is 12.3 Å². The molecule has 1 heterocycles. The molecule has 3 rings (SSSR count). The maximum atomic E-state index is 12.4. The van der Waals surface area contributed by atoms with Gasteiger partial charge in [-0.25, -0.2) is 0 Å². The van der Waals surface area contributed by atoms with Crippen molar-refractivity contribution in [3.05, 3.63) is 12.3 Å². The standard InChI is InChI=1S/C15H25N5O/c1-19(2)7-8-20-6-5-12(18-20)17-15(21)13-10-3-4-11(9-10)14(13)16/h5-6,10-11,13-14H,3-4,7-9,16H2,1-2H3,(H,17,18,21). The third-order valence-corrected chi connectivity index (χ3v) is 4.95. The molecule has 116 valence electrons. The van der Waals surface area contributed by atoms with Crippen molar-refractivity contribution in [2.75, 3.05) is 26.0 Å². The third kappa shape index (κ3) is 2.96. The number of fused-ring (bicyclic) bond motifs is 2. The number of hydrogen-bond donors (Lipinski definition) is 2. The van der Waals surface area contributed by atoms with E-state index in [9.17, 15) is 4.79 Å². The summed E-state index contributed by atoms with van der Waals surface area (Å²) in [6.07, 6.45) is 5.36. The lowest BCUT2D eigenvalue weighted by Crippen LogP contribution is -2.42. The molecule has 4 atom stereocenters. The summed E-state index contributed by atoms with van der Waals surface area (Å²) in [5.74, 6) is 1.67. The number of nitrogens with zero attached hydrogens (tertiary/aromatic N) is 3. The Morgan fingerprint density at radius 2 is 2.24 bits per heavy atom. The van der Waals surface area contributed by atoms with Crippen molar-refractivity contribution >= 4 is 11.7 Å². The normalized spacial score (nSPS) is 31.0. The van der Waals surface area contributed by atoms with Gasteiger partial charge in [-0.3, -0.25) is 9.48 Å². The highest BCUT2D eigenvalue weighted by Gasteiger charge is 2.49. The van der Waals surface area contributed by atoms with Crippen LogP contribution in [0.25, 0.3) is 0 Å². The number of nitrogens with one attached hydrogen (secondary N) is 1. The lowest BCUT2D eigenvalue weighted by atomic mass is 9.84. The van der Waals surface area contributed by atoms with E-state index in [2.05, 4.69) is 15.3 Å². The molecule has 3 N–H and O–H groups in total. The van der Waals surface area contributed by atoms with Crippen molar-refractivity contribution < 1.29 is 4.79 Å². The van der Waals surface area contributed by atoms with E-state index < -0.39 is 0 Å². The van der Waals surface area contributed by atoms with Gasteiger partial charge in [-0.2, -0.15) is 5.10 Å². The molecule has 0 aromatic carbocycles. The van der Waals surface area contributed by atoms with Crippen molar-refractivity contribution in [3.8, 4) is 0 Å². The van der Waals surface area contributed by atoms with E-state index in [0.717, 1.165) is 25.9 Å². The molecule has 21 heavy (non-hydrogen) atoms. The number of anilines is 1. The second-order valence-electron chi connectivity index (χ2n) is 6.69. The Kier molecular flexibility index (Phi) is 3.99. The van der Waals surface area contributed by atoms with Crippen LogP contribution in [0.3, 0.4) is 0 Å². The Bertz CT molecular complexity index is 510. The number of likely N-dealkylation sites (N-methyl/N-ethyl adjacent to an activating group) is 1. The Balaban J connectivity index is 1.58. The van der Waals surface area contributed by atoms with Gasteiger partial charge < -0.3 is 16.0 Å². The first kappa shape index (κ1) is 14.5. The fourth-order valence-corrected chi connectivity index (χ4v) is 3.79. The zero-order valence-corrected chi connectivity index (χ0v) is 12.8. The van der Waals surface area contributed by atoms with E-state index in [1.165, 1.54) is 6.42 Å². The topological polar surface area (TPSA) is 76.2 Å². The summed E-state index contributed by atoms with van der Waals surface area (Å²) in [5, 5.41) is 7.34. The Morgan fingerprint density at radius 3 is 2.90 bits per heavy atom. The van der Waals surface area contributed by atoms with E-state index in [1.54, 1.807) is 0 Å². The number of nitrogens with two attached hydrogens (primary N) is 1. The van der Waals surface area contributed by atoms with Gasteiger partial charge in [-0.15, -0.1) is 0 Å². The van der Waals surface area contributed by atoms with Gasteiger partial charge in [-0.05, 0) is 45.2 Å². The van der Waals surface area contributed by atoms with Crippen molar-refractivity contribution in [3.63, 3.8) is 0 Å². The second kappa shape index (κ2) is 5.77. The van der Waals surface area contributed by atoms with Crippen LogP contribution < -0.4 is 11.1 Å². The molecule has 2 bridgehead atoms. The zero-order valence-electron chi connectivity index (χ0n) is 12.8. The molecule has 1 aromatic heterocycles. The molecule has 2 aliphatic rings. The van der Waals surface area contributed by atoms with Gasteiger partial charge in [0.1, 0.15) is 0 Å². The van der Waals surface area contributed by atoms with Crippen molar-refractivity contribution in [1.82, 2.24) is 14.7 Å². The summed E-state index contributed by atoms with van der Waals surface area (Å²) in [5.41, 5.74) is 6.21. The minimum absolute atomic E-state index is 0.0274. The molecule has 0 saturated heterocycles. The molecule has 0 spiro atoms. The summed E-state index contributed by atoms with van der Waals surface area (Å²) >= 11 is 0. The van der Waals surface area contributed by atoms with E-state index in [4.69, 9.17) is 5.73 Å². The van der Waals surface area contributed by atoms with Gasteiger partial charge in [0.15, 0.2) is 5.82 Å². The monoisotopic (exact) mass is 291 g/mol. The molecule has 2 fully saturated rings. The average Bonchev–Trinajstić information content (AvgIpc) is 3.11. The van der Waals surface area contributed by atoms with Gasteiger partial charge in [0.25, 0.3) is 0 Å². The van der Waals surface area contributed by atoms with Crippen LogP contribution in [0, 0.1) is 17.8 Å². The smallest absolute Gasteiger partial charge is 0.230 e. The predicted molar refractivity (Wildman–Crippen MR) is 81.7 cm³/mol. The number of rotatable bonds is 5. The van der Waals surface area contributed by atoms with E-state index in [1.807, 2.05) is 31.0 Å².